The van der Waals surface area contributed by atoms with Crippen LogP contribution in [0.5, 0.6) is 0 Å². The van der Waals surface area contributed by atoms with Gasteiger partial charge < -0.3 is 15.1 Å². The van der Waals surface area contributed by atoms with E-state index in [0.29, 0.717) is 22.6 Å². The summed E-state index contributed by atoms with van der Waals surface area (Å²) in [4.78, 5) is 17.5. The van der Waals surface area contributed by atoms with Crippen LogP contribution in [0.3, 0.4) is 0 Å². The molecule has 3 rings (SSSR count). The lowest BCUT2D eigenvalue weighted by molar-refractivity contribution is -0.134. The van der Waals surface area contributed by atoms with E-state index in [9.17, 15) is 9.18 Å². The van der Waals surface area contributed by atoms with E-state index >= 15 is 0 Å². The van der Waals surface area contributed by atoms with Gasteiger partial charge in [-0.25, -0.2) is 4.39 Å². The maximum absolute atomic E-state index is 14.0. The van der Waals surface area contributed by atoms with Gasteiger partial charge in [-0.1, -0.05) is 52.7 Å². The second-order valence-corrected chi connectivity index (χ2v) is 9.29. The largest absolute Gasteiger partial charge is 0.349 e. The fourth-order valence-corrected chi connectivity index (χ4v) is 4.68. The van der Waals surface area contributed by atoms with Crippen LogP contribution in [0.1, 0.15) is 53.4 Å². The Morgan fingerprint density at radius 1 is 1.27 bits per heavy atom. The molecular weight excluding hydrogens is 399 g/mol. The molecule has 30 heavy (non-hydrogen) atoms. The van der Waals surface area contributed by atoms with Crippen molar-refractivity contribution in [2.24, 2.45) is 11.8 Å². The van der Waals surface area contributed by atoms with Crippen molar-refractivity contribution in [3.63, 3.8) is 0 Å². The normalized spacial score (nSPS) is 23.0. The molecule has 0 aliphatic carbocycles. The van der Waals surface area contributed by atoms with Gasteiger partial charge in [0.25, 0.3) is 0 Å². The number of piperidine rings is 1. The molecule has 0 saturated carbocycles. The van der Waals surface area contributed by atoms with E-state index in [2.05, 4.69) is 48.1 Å². The Morgan fingerprint density at radius 3 is 2.53 bits per heavy atom. The molecule has 1 aromatic rings. The van der Waals surface area contributed by atoms with Crippen molar-refractivity contribution in [3.05, 3.63) is 30.1 Å². The third-order valence-corrected chi connectivity index (χ3v) is 7.23. The number of likely N-dealkylation sites (tertiary alicyclic amines) is 1. The van der Waals surface area contributed by atoms with Crippen LogP contribution in [0.25, 0.3) is 0 Å². The first-order valence-electron chi connectivity index (χ1n) is 11.2. The zero-order valence-electron chi connectivity index (χ0n) is 18.6. The number of rotatable bonds is 6. The van der Waals surface area contributed by atoms with Crippen LogP contribution >= 0.6 is 12.2 Å². The highest BCUT2D eigenvalue weighted by Crippen LogP contribution is 2.36. The molecule has 0 radical (unpaired) electrons. The van der Waals surface area contributed by atoms with Crippen molar-refractivity contribution in [1.82, 2.24) is 15.1 Å². The molecule has 2 aliphatic rings. The molecule has 0 bridgehead atoms. The molecule has 2 saturated heterocycles. The molecule has 3 atom stereocenters. The number of carbonyl (C=O) groups excluding carboxylic acids is 1. The lowest BCUT2D eigenvalue weighted by Gasteiger charge is -2.46. The Bertz CT molecular complexity index is 765. The van der Waals surface area contributed by atoms with Gasteiger partial charge in [-0.2, -0.15) is 0 Å². The minimum atomic E-state index is -0.312. The SMILES string of the molecule is CC[C@H](C)CN1C(=O)[C@H]([C@@H](C)CC)NC12CCN(C(=S)Nc1ccccc1F)CC2. The van der Waals surface area contributed by atoms with E-state index in [1.165, 1.54) is 6.07 Å². The molecule has 2 aliphatic heterocycles. The lowest BCUT2D eigenvalue weighted by Crippen LogP contribution is -2.60. The molecule has 166 valence electrons. The van der Waals surface area contributed by atoms with E-state index in [1.54, 1.807) is 18.2 Å². The fourth-order valence-electron chi connectivity index (χ4n) is 4.39. The van der Waals surface area contributed by atoms with Gasteiger partial charge >= 0.3 is 0 Å². The van der Waals surface area contributed by atoms with Gasteiger partial charge in [-0.05, 0) is 36.2 Å². The molecule has 1 spiro atoms. The van der Waals surface area contributed by atoms with Gasteiger partial charge in [0.15, 0.2) is 5.11 Å². The highest BCUT2D eigenvalue weighted by Gasteiger charge is 2.52. The summed E-state index contributed by atoms with van der Waals surface area (Å²) in [6.07, 6.45) is 3.64. The van der Waals surface area contributed by atoms with Gasteiger partial charge in [0.2, 0.25) is 5.91 Å². The van der Waals surface area contributed by atoms with Crippen LogP contribution in [0, 0.1) is 17.7 Å². The van der Waals surface area contributed by atoms with Crippen LogP contribution in [0.4, 0.5) is 10.1 Å². The number of para-hydroxylation sites is 1. The van der Waals surface area contributed by atoms with Crippen LogP contribution < -0.4 is 10.6 Å². The number of anilines is 1. The Hall–Kier alpha value is -1.73. The zero-order chi connectivity index (χ0) is 21.9. The first kappa shape index (κ1) is 22.9. The molecule has 0 aromatic heterocycles. The predicted molar refractivity (Wildman–Crippen MR) is 124 cm³/mol. The third kappa shape index (κ3) is 4.62. The summed E-state index contributed by atoms with van der Waals surface area (Å²) in [6.45, 7) is 10.9. The van der Waals surface area contributed by atoms with Crippen LogP contribution in [-0.4, -0.2) is 52.2 Å². The maximum atomic E-state index is 14.0. The molecule has 1 amide bonds. The predicted octanol–water partition coefficient (Wildman–Crippen LogP) is 4.21. The molecule has 2 N–H and O–H groups in total. The van der Waals surface area contributed by atoms with Crippen molar-refractivity contribution < 1.29 is 9.18 Å². The van der Waals surface area contributed by atoms with Gasteiger partial charge in [0, 0.05) is 32.5 Å². The van der Waals surface area contributed by atoms with Gasteiger partial charge in [-0.3, -0.25) is 10.1 Å². The van der Waals surface area contributed by atoms with Crippen molar-refractivity contribution in [1.29, 1.82) is 0 Å². The molecule has 7 heteroatoms. The van der Waals surface area contributed by atoms with Gasteiger partial charge in [0.05, 0.1) is 17.4 Å². The summed E-state index contributed by atoms with van der Waals surface area (Å²) in [7, 11) is 0. The quantitative estimate of drug-likeness (QED) is 0.657. The number of nitrogens with one attached hydrogen (secondary N) is 2. The van der Waals surface area contributed by atoms with Gasteiger partial charge in [-0.15, -0.1) is 0 Å². The van der Waals surface area contributed by atoms with Crippen LogP contribution in [0.15, 0.2) is 24.3 Å². The maximum Gasteiger partial charge on any atom is 0.241 e. The van der Waals surface area contributed by atoms with E-state index in [4.69, 9.17) is 12.2 Å². The van der Waals surface area contributed by atoms with Gasteiger partial charge in [0.1, 0.15) is 5.82 Å². The number of benzene rings is 1. The molecule has 1 aromatic carbocycles. The number of hydrogen-bond acceptors (Lipinski definition) is 3. The zero-order valence-corrected chi connectivity index (χ0v) is 19.4. The van der Waals surface area contributed by atoms with E-state index in [1.807, 2.05) is 0 Å². The molecule has 5 nitrogen and oxygen atoms in total. The number of halogens is 1. The average Bonchev–Trinajstić information content (AvgIpc) is 3.01. The summed E-state index contributed by atoms with van der Waals surface area (Å²) in [6, 6.07) is 6.45. The average molecular weight is 435 g/mol. The highest BCUT2D eigenvalue weighted by atomic mass is 32.1. The minimum absolute atomic E-state index is 0.117. The van der Waals surface area contributed by atoms with Crippen LogP contribution in [0.2, 0.25) is 0 Å². The number of amides is 1. The number of carbonyl (C=O) groups is 1. The first-order valence-corrected chi connectivity index (χ1v) is 11.6. The molecular formula is C23H35FN4OS. The second kappa shape index (κ2) is 9.60. The Morgan fingerprint density at radius 2 is 1.93 bits per heavy atom. The van der Waals surface area contributed by atoms with Crippen LogP contribution in [-0.2, 0) is 4.79 Å². The van der Waals surface area contributed by atoms with Crippen molar-refractivity contribution in [2.75, 3.05) is 25.0 Å². The molecule has 2 heterocycles. The summed E-state index contributed by atoms with van der Waals surface area (Å²) < 4.78 is 14.0. The Labute approximate surface area is 185 Å². The molecule has 0 unspecified atom stereocenters. The van der Waals surface area contributed by atoms with Crippen molar-refractivity contribution >= 4 is 28.9 Å². The van der Waals surface area contributed by atoms with E-state index in [0.717, 1.165) is 45.3 Å². The summed E-state index contributed by atoms with van der Waals surface area (Å²) in [5.74, 6) is 0.695. The van der Waals surface area contributed by atoms with E-state index in [-0.39, 0.29) is 23.4 Å². The third-order valence-electron chi connectivity index (χ3n) is 6.87. The summed E-state index contributed by atoms with van der Waals surface area (Å²) in [5.41, 5.74) is 0.0887. The monoisotopic (exact) mass is 434 g/mol. The Kier molecular flexibility index (Phi) is 7.34. The number of hydrogen-bond donors (Lipinski definition) is 2. The lowest BCUT2D eigenvalue weighted by atomic mass is 9.94. The summed E-state index contributed by atoms with van der Waals surface area (Å²) >= 11 is 5.55. The Balaban J connectivity index is 1.70. The van der Waals surface area contributed by atoms with E-state index < -0.39 is 0 Å². The number of thiocarbonyl (C=S) groups is 1. The van der Waals surface area contributed by atoms with Crippen molar-refractivity contribution in [2.45, 2.75) is 65.1 Å². The fraction of sp³-hybridized carbons (Fsp3) is 0.652. The minimum Gasteiger partial charge on any atom is -0.349 e. The first-order chi connectivity index (χ1) is 14.3. The highest BCUT2D eigenvalue weighted by molar-refractivity contribution is 7.80. The van der Waals surface area contributed by atoms with Crippen molar-refractivity contribution in [3.8, 4) is 0 Å². The topological polar surface area (TPSA) is 47.6 Å². The smallest absolute Gasteiger partial charge is 0.241 e. The number of nitrogens with zero attached hydrogens (tertiary/aromatic N) is 2. The standard InChI is InChI=1S/C23H35FN4OS/c1-5-16(3)15-28-21(29)20(17(4)6-2)26-23(28)11-13-27(14-12-23)22(30)25-19-10-8-7-9-18(19)24/h7-10,16-17,20,26H,5-6,11-15H2,1-4H3,(H,25,30)/t16-,17-,20-/m0/s1. The second-order valence-electron chi connectivity index (χ2n) is 8.90. The molecule has 2 fully saturated rings. The summed E-state index contributed by atoms with van der Waals surface area (Å²) in [5, 5.41) is 7.30.